The summed E-state index contributed by atoms with van der Waals surface area (Å²) < 4.78 is 3.79. The van der Waals surface area contributed by atoms with Crippen molar-refractivity contribution in [3.63, 3.8) is 0 Å². The van der Waals surface area contributed by atoms with Crippen molar-refractivity contribution in [1.82, 2.24) is 19.2 Å². The molecule has 6 nitrogen and oxygen atoms in total. The van der Waals surface area contributed by atoms with Crippen molar-refractivity contribution < 1.29 is 4.79 Å². The molecule has 1 amide bonds. The number of amides is 1. The topological polar surface area (TPSA) is 60.1 Å². The number of nitrogens with zero attached hydrogens (tertiary/aromatic N) is 4. The fraction of sp³-hybridized carbons (Fsp3) is 0.562. The van der Waals surface area contributed by atoms with Crippen molar-refractivity contribution in [2.45, 2.75) is 44.7 Å². The zero-order valence-electron chi connectivity index (χ0n) is 13.3. The molecule has 0 unspecified atom stereocenters. The number of aromatic nitrogens is 3. The fourth-order valence-electron chi connectivity index (χ4n) is 3.60. The second-order valence-electron chi connectivity index (χ2n) is 6.37. The van der Waals surface area contributed by atoms with E-state index in [1.165, 1.54) is 16.0 Å². The van der Waals surface area contributed by atoms with Crippen LogP contribution < -0.4 is 5.69 Å². The van der Waals surface area contributed by atoms with E-state index in [1.807, 2.05) is 17.0 Å². The summed E-state index contributed by atoms with van der Waals surface area (Å²) in [6.45, 7) is 2.02. The van der Waals surface area contributed by atoms with Gasteiger partial charge in [0.25, 0.3) is 0 Å². The molecule has 0 aromatic carbocycles. The lowest BCUT2D eigenvalue weighted by Crippen LogP contribution is -2.41. The van der Waals surface area contributed by atoms with Crippen molar-refractivity contribution in [3.05, 3.63) is 37.7 Å². The summed E-state index contributed by atoms with van der Waals surface area (Å²) in [7, 11) is 0. The molecular weight excluding hydrogens is 348 g/mol. The number of hydrogen-bond donors (Lipinski definition) is 0. The van der Waals surface area contributed by atoms with Crippen LogP contribution in [0.25, 0.3) is 0 Å². The van der Waals surface area contributed by atoms with E-state index in [4.69, 9.17) is 11.6 Å². The highest BCUT2D eigenvalue weighted by molar-refractivity contribution is 7.16. The Kier molecular flexibility index (Phi) is 4.22. The highest BCUT2D eigenvalue weighted by Crippen LogP contribution is 2.26. The number of halogens is 1. The third-order valence-electron chi connectivity index (χ3n) is 4.77. The van der Waals surface area contributed by atoms with Crippen LogP contribution >= 0.6 is 22.9 Å². The molecule has 1 fully saturated rings. The van der Waals surface area contributed by atoms with E-state index in [1.54, 1.807) is 4.57 Å². The first-order valence-corrected chi connectivity index (χ1v) is 9.54. The fourth-order valence-corrected chi connectivity index (χ4v) is 4.67. The summed E-state index contributed by atoms with van der Waals surface area (Å²) in [6.07, 6.45) is 4.47. The van der Waals surface area contributed by atoms with Gasteiger partial charge in [-0.1, -0.05) is 11.6 Å². The van der Waals surface area contributed by atoms with Gasteiger partial charge in [0, 0.05) is 24.4 Å². The van der Waals surface area contributed by atoms with E-state index in [9.17, 15) is 9.59 Å². The number of fused-ring (bicyclic) bond motifs is 1. The molecule has 0 saturated carbocycles. The number of hydrogen-bond acceptors (Lipinski definition) is 4. The lowest BCUT2D eigenvalue weighted by Gasteiger charge is -2.27. The smallest absolute Gasteiger partial charge is 0.341 e. The van der Waals surface area contributed by atoms with Crippen LogP contribution in [0.3, 0.4) is 0 Å². The lowest BCUT2D eigenvalue weighted by atomic mass is 10.0. The molecular formula is C16H19ClN4O2S. The SMILES string of the molecule is O=C([C@H]1CCCc2nn(Cc3ccc(Cl)s3)c(=O)n21)N1CCCC1. The van der Waals surface area contributed by atoms with Gasteiger partial charge in [0.05, 0.1) is 10.9 Å². The molecule has 0 bridgehead atoms. The molecule has 8 heteroatoms. The minimum absolute atomic E-state index is 0.0780. The lowest BCUT2D eigenvalue weighted by molar-refractivity contribution is -0.134. The first-order chi connectivity index (χ1) is 11.6. The maximum Gasteiger partial charge on any atom is 0.347 e. The normalized spacial score (nSPS) is 20.4. The van der Waals surface area contributed by atoms with Crippen LogP contribution in [-0.2, 0) is 17.8 Å². The van der Waals surface area contributed by atoms with Gasteiger partial charge in [0.1, 0.15) is 11.9 Å². The number of aryl methyl sites for hydroxylation is 1. The van der Waals surface area contributed by atoms with Gasteiger partial charge in [-0.25, -0.2) is 9.48 Å². The zero-order valence-corrected chi connectivity index (χ0v) is 14.9. The van der Waals surface area contributed by atoms with E-state index in [-0.39, 0.29) is 17.6 Å². The van der Waals surface area contributed by atoms with E-state index in [2.05, 4.69) is 5.10 Å². The highest BCUT2D eigenvalue weighted by Gasteiger charge is 2.34. The largest absolute Gasteiger partial charge is 0.347 e. The van der Waals surface area contributed by atoms with Crippen molar-refractivity contribution in [2.24, 2.45) is 0 Å². The van der Waals surface area contributed by atoms with Gasteiger partial charge in [0.2, 0.25) is 5.91 Å². The zero-order chi connectivity index (χ0) is 16.7. The standard InChI is InChI=1S/C16H19ClN4O2S/c17-13-7-6-11(24-13)10-20-16(23)21-12(4-3-5-14(21)18-20)15(22)19-8-1-2-9-19/h6-7,12H,1-5,8-10H2/t12-/m1/s1. The molecule has 0 aliphatic carbocycles. The summed E-state index contributed by atoms with van der Waals surface area (Å²) in [4.78, 5) is 28.5. The molecule has 2 aliphatic heterocycles. The van der Waals surface area contributed by atoms with Crippen molar-refractivity contribution in [2.75, 3.05) is 13.1 Å². The Bertz CT molecular complexity index is 818. The Morgan fingerprint density at radius 1 is 1.29 bits per heavy atom. The molecule has 2 aromatic rings. The third kappa shape index (κ3) is 2.80. The van der Waals surface area contributed by atoms with Gasteiger partial charge in [-0.2, -0.15) is 5.10 Å². The first-order valence-electron chi connectivity index (χ1n) is 8.35. The van der Waals surface area contributed by atoms with Gasteiger partial charge >= 0.3 is 5.69 Å². The van der Waals surface area contributed by atoms with Crippen LogP contribution in [0, 0.1) is 0 Å². The summed E-state index contributed by atoms with van der Waals surface area (Å²) in [5.41, 5.74) is -0.188. The van der Waals surface area contributed by atoms with E-state index in [0.717, 1.165) is 55.9 Å². The van der Waals surface area contributed by atoms with Crippen LogP contribution in [0.15, 0.2) is 16.9 Å². The predicted molar refractivity (Wildman–Crippen MR) is 92.7 cm³/mol. The van der Waals surface area contributed by atoms with E-state index in [0.29, 0.717) is 10.9 Å². The second kappa shape index (κ2) is 6.37. The second-order valence-corrected chi connectivity index (χ2v) is 8.17. The van der Waals surface area contributed by atoms with Gasteiger partial charge in [-0.3, -0.25) is 9.36 Å². The number of carbonyl (C=O) groups excluding carboxylic acids is 1. The van der Waals surface area contributed by atoms with Gasteiger partial charge in [-0.05, 0) is 37.8 Å². The molecule has 0 radical (unpaired) electrons. The number of likely N-dealkylation sites (tertiary alicyclic amines) is 1. The average molecular weight is 367 g/mol. The number of carbonyl (C=O) groups is 1. The quantitative estimate of drug-likeness (QED) is 0.837. The van der Waals surface area contributed by atoms with Crippen LogP contribution in [0.5, 0.6) is 0 Å². The van der Waals surface area contributed by atoms with Crippen LogP contribution in [0.1, 0.15) is 42.4 Å². The summed E-state index contributed by atoms with van der Waals surface area (Å²) in [5.74, 6) is 0.806. The average Bonchev–Trinajstić information content (AvgIpc) is 3.29. The molecule has 128 valence electrons. The maximum absolute atomic E-state index is 12.8. The van der Waals surface area contributed by atoms with Crippen molar-refractivity contribution in [3.8, 4) is 0 Å². The van der Waals surface area contributed by atoms with Crippen molar-refractivity contribution in [1.29, 1.82) is 0 Å². The Morgan fingerprint density at radius 2 is 2.08 bits per heavy atom. The molecule has 2 aliphatic rings. The Balaban J connectivity index is 1.64. The predicted octanol–water partition coefficient (Wildman–Crippen LogP) is 2.31. The van der Waals surface area contributed by atoms with Crippen LogP contribution in [0.2, 0.25) is 4.34 Å². The maximum atomic E-state index is 12.8. The van der Waals surface area contributed by atoms with E-state index >= 15 is 0 Å². The molecule has 4 rings (SSSR count). The summed E-state index contributed by atoms with van der Waals surface area (Å²) in [6, 6.07) is 3.34. The minimum atomic E-state index is -0.389. The third-order valence-corrected chi connectivity index (χ3v) is 5.98. The van der Waals surface area contributed by atoms with Crippen molar-refractivity contribution >= 4 is 28.8 Å². The van der Waals surface area contributed by atoms with E-state index < -0.39 is 0 Å². The highest BCUT2D eigenvalue weighted by atomic mass is 35.5. The number of rotatable bonds is 3. The molecule has 1 atom stereocenters. The minimum Gasteiger partial charge on any atom is -0.341 e. The monoisotopic (exact) mass is 366 g/mol. The van der Waals surface area contributed by atoms with Crippen LogP contribution in [-0.4, -0.2) is 38.2 Å². The van der Waals surface area contributed by atoms with Crippen LogP contribution in [0.4, 0.5) is 0 Å². The van der Waals surface area contributed by atoms with Gasteiger partial charge in [-0.15, -0.1) is 11.3 Å². The van der Waals surface area contributed by atoms with Gasteiger partial charge < -0.3 is 4.90 Å². The molecule has 0 spiro atoms. The first kappa shape index (κ1) is 15.9. The Labute approximate surface area is 148 Å². The molecule has 4 heterocycles. The Morgan fingerprint density at radius 3 is 2.79 bits per heavy atom. The number of thiophene rings is 1. The molecule has 2 aromatic heterocycles. The Hall–Kier alpha value is -1.60. The summed E-state index contributed by atoms with van der Waals surface area (Å²) >= 11 is 7.41. The molecule has 1 saturated heterocycles. The molecule has 0 N–H and O–H groups in total. The summed E-state index contributed by atoms with van der Waals surface area (Å²) in [5, 5.41) is 4.47. The molecule has 24 heavy (non-hydrogen) atoms. The van der Waals surface area contributed by atoms with Gasteiger partial charge in [0.15, 0.2) is 0 Å².